The number of hydrogen-bond donors (Lipinski definition) is 4. The predicted octanol–water partition coefficient (Wildman–Crippen LogP) is 3.31. The molecule has 0 unspecified atom stereocenters. The Morgan fingerprint density at radius 1 is 0.633 bits per heavy atom. The van der Waals surface area contributed by atoms with Crippen molar-refractivity contribution in [2.45, 2.75) is 13.8 Å². The van der Waals surface area contributed by atoms with Gasteiger partial charge in [-0.2, -0.15) is 0 Å². The zero-order valence-corrected chi connectivity index (χ0v) is 16.1. The lowest BCUT2D eigenvalue weighted by Gasteiger charge is -2.10. The largest absolute Gasteiger partial charge is 0.478 e. The van der Waals surface area contributed by atoms with Gasteiger partial charge < -0.3 is 29.9 Å². The van der Waals surface area contributed by atoms with E-state index >= 15 is 0 Å². The summed E-state index contributed by atoms with van der Waals surface area (Å²) in [5.74, 6) is -5.92. The van der Waals surface area contributed by atoms with Gasteiger partial charge in [-0.15, -0.1) is 0 Å². The molecule has 0 aliphatic heterocycles. The van der Waals surface area contributed by atoms with E-state index in [1.165, 1.54) is 12.1 Å². The van der Waals surface area contributed by atoms with Gasteiger partial charge in [-0.25, -0.2) is 19.2 Å². The molecule has 0 amide bonds. The lowest BCUT2D eigenvalue weighted by Crippen LogP contribution is -2.09. The first-order chi connectivity index (χ1) is 14.1. The monoisotopic (exact) mass is 420 g/mol. The fraction of sp³-hybridized carbons (Fsp3) is 0.200. The van der Waals surface area contributed by atoms with Gasteiger partial charge in [0.05, 0.1) is 22.3 Å². The van der Waals surface area contributed by atoms with E-state index in [1.807, 2.05) is 13.8 Å². The van der Waals surface area contributed by atoms with E-state index in [0.717, 1.165) is 37.5 Å². The Morgan fingerprint density at radius 3 is 1.20 bits per heavy atom. The molecular formula is C20H20O10. The maximum atomic E-state index is 11.1. The molecule has 2 aromatic rings. The third-order valence-corrected chi connectivity index (χ3v) is 3.55. The van der Waals surface area contributed by atoms with Crippen molar-refractivity contribution in [3.8, 4) is 11.5 Å². The van der Waals surface area contributed by atoms with Crippen molar-refractivity contribution < 1.29 is 49.1 Å². The molecule has 4 N–H and O–H groups in total. The molecule has 0 fully saturated rings. The van der Waals surface area contributed by atoms with Gasteiger partial charge >= 0.3 is 23.9 Å². The smallest absolute Gasteiger partial charge is 0.336 e. The summed E-state index contributed by atoms with van der Waals surface area (Å²) in [5.41, 5.74) is -1.89. The number of ether oxygens (including phenoxy) is 2. The number of rotatable bonds is 8. The van der Waals surface area contributed by atoms with Crippen LogP contribution in [0.25, 0.3) is 0 Å². The zero-order valence-electron chi connectivity index (χ0n) is 16.1. The Kier molecular flexibility index (Phi) is 8.98. The minimum Gasteiger partial charge on any atom is -0.478 e. The van der Waals surface area contributed by atoms with Crippen molar-refractivity contribution in [3.63, 3.8) is 0 Å². The summed E-state index contributed by atoms with van der Waals surface area (Å²) < 4.78 is 10.2. The molecular weight excluding hydrogens is 400 g/mol. The third-order valence-electron chi connectivity index (χ3n) is 3.55. The summed E-state index contributed by atoms with van der Waals surface area (Å²) in [6.07, 6.45) is 0. The van der Waals surface area contributed by atoms with Crippen LogP contribution in [0.2, 0.25) is 0 Å². The van der Waals surface area contributed by atoms with Crippen LogP contribution in [-0.2, 0) is 4.74 Å². The van der Waals surface area contributed by atoms with Crippen molar-refractivity contribution in [3.05, 3.63) is 58.7 Å². The molecule has 0 radical (unpaired) electrons. The first-order valence-electron chi connectivity index (χ1n) is 8.59. The number of carboxylic acids is 4. The van der Waals surface area contributed by atoms with E-state index in [1.54, 1.807) is 0 Å². The van der Waals surface area contributed by atoms with Crippen LogP contribution in [0.1, 0.15) is 55.3 Å². The van der Waals surface area contributed by atoms with E-state index in [9.17, 15) is 19.2 Å². The highest BCUT2D eigenvalue weighted by Crippen LogP contribution is 2.26. The summed E-state index contributed by atoms with van der Waals surface area (Å²) in [7, 11) is 0. The lowest BCUT2D eigenvalue weighted by molar-refractivity contribution is 0.0651. The Hall–Kier alpha value is -3.92. The van der Waals surface area contributed by atoms with Gasteiger partial charge in [0, 0.05) is 13.2 Å². The molecule has 0 atom stereocenters. The number of benzene rings is 2. The average molecular weight is 420 g/mol. The summed E-state index contributed by atoms with van der Waals surface area (Å²) in [6.45, 7) is 5.67. The van der Waals surface area contributed by atoms with Crippen LogP contribution in [-0.4, -0.2) is 57.5 Å². The third kappa shape index (κ3) is 6.60. The van der Waals surface area contributed by atoms with Crippen molar-refractivity contribution in [1.29, 1.82) is 0 Å². The van der Waals surface area contributed by atoms with Crippen LogP contribution in [0.5, 0.6) is 11.5 Å². The van der Waals surface area contributed by atoms with Gasteiger partial charge in [-0.05, 0) is 50.2 Å². The maximum absolute atomic E-state index is 11.1. The topological polar surface area (TPSA) is 168 Å². The van der Waals surface area contributed by atoms with Crippen LogP contribution in [0, 0.1) is 0 Å². The highest BCUT2D eigenvalue weighted by molar-refractivity contribution is 6.02. The fourth-order valence-electron chi connectivity index (χ4n) is 2.24. The molecule has 0 aliphatic rings. The first-order valence-corrected chi connectivity index (χ1v) is 8.59. The van der Waals surface area contributed by atoms with Crippen molar-refractivity contribution in [1.82, 2.24) is 0 Å². The van der Waals surface area contributed by atoms with Gasteiger partial charge in [-0.3, -0.25) is 0 Å². The SMILES string of the molecule is CCOCC.O=C(O)c1ccc(Oc2ccc(C(=O)O)c(C(=O)O)c2)cc1C(=O)O. The Morgan fingerprint density at radius 2 is 0.967 bits per heavy atom. The maximum Gasteiger partial charge on any atom is 0.336 e. The predicted molar refractivity (Wildman–Crippen MR) is 103 cm³/mol. The van der Waals surface area contributed by atoms with E-state index < -0.39 is 46.1 Å². The second-order valence-corrected chi connectivity index (χ2v) is 5.52. The van der Waals surface area contributed by atoms with Crippen LogP contribution in [0.4, 0.5) is 0 Å². The number of hydrogen-bond acceptors (Lipinski definition) is 6. The Balaban J connectivity index is 0.000000804. The molecule has 0 aliphatic carbocycles. The minimum atomic E-state index is -1.48. The van der Waals surface area contributed by atoms with Gasteiger partial charge in [-0.1, -0.05) is 0 Å². The highest BCUT2D eigenvalue weighted by atomic mass is 16.5. The number of carboxylic acid groups (broad SMARTS) is 4. The Labute approximate surface area is 170 Å². The van der Waals surface area contributed by atoms with Gasteiger partial charge in [0.1, 0.15) is 11.5 Å². The molecule has 2 rings (SSSR count). The first kappa shape index (κ1) is 24.1. The molecule has 0 bridgehead atoms. The molecule has 10 nitrogen and oxygen atoms in total. The van der Waals surface area contributed by atoms with Crippen molar-refractivity contribution in [2.75, 3.05) is 13.2 Å². The van der Waals surface area contributed by atoms with E-state index in [0.29, 0.717) is 0 Å². The standard InChI is InChI=1S/C16H10O9.C4H10O/c17-13(18)9-3-1-7(5-11(9)15(21)22)25-8-2-4-10(14(19)20)12(6-8)16(23)24;1-3-5-4-2/h1-6H,(H,17,18)(H,19,20)(H,21,22)(H,23,24);3-4H2,1-2H3. The molecule has 160 valence electrons. The quantitative estimate of drug-likeness (QED) is 0.497. The summed E-state index contributed by atoms with van der Waals surface area (Å²) >= 11 is 0. The molecule has 0 heterocycles. The second kappa shape index (κ2) is 11.2. The molecule has 0 saturated carbocycles. The zero-order chi connectivity index (χ0) is 22.8. The van der Waals surface area contributed by atoms with E-state index in [2.05, 4.69) is 0 Å². The van der Waals surface area contributed by atoms with Gasteiger partial charge in [0.2, 0.25) is 0 Å². The summed E-state index contributed by atoms with van der Waals surface area (Å²) in [5, 5.41) is 36.0. The summed E-state index contributed by atoms with van der Waals surface area (Å²) in [4.78, 5) is 44.2. The molecule has 2 aromatic carbocycles. The highest BCUT2D eigenvalue weighted by Gasteiger charge is 2.19. The lowest BCUT2D eigenvalue weighted by atomic mass is 10.1. The van der Waals surface area contributed by atoms with E-state index in [-0.39, 0.29) is 11.5 Å². The van der Waals surface area contributed by atoms with Crippen LogP contribution < -0.4 is 4.74 Å². The molecule has 0 saturated heterocycles. The molecule has 10 heteroatoms. The van der Waals surface area contributed by atoms with Crippen molar-refractivity contribution in [2.24, 2.45) is 0 Å². The fourth-order valence-corrected chi connectivity index (χ4v) is 2.24. The van der Waals surface area contributed by atoms with Crippen LogP contribution >= 0.6 is 0 Å². The second-order valence-electron chi connectivity index (χ2n) is 5.52. The van der Waals surface area contributed by atoms with Gasteiger partial charge in [0.25, 0.3) is 0 Å². The number of carbonyl (C=O) groups is 4. The van der Waals surface area contributed by atoms with Gasteiger partial charge in [0.15, 0.2) is 0 Å². The average Bonchev–Trinajstić information content (AvgIpc) is 2.68. The normalized spacial score (nSPS) is 9.80. The minimum absolute atomic E-state index is 0.0539. The van der Waals surface area contributed by atoms with Crippen LogP contribution in [0.15, 0.2) is 36.4 Å². The van der Waals surface area contributed by atoms with E-state index in [4.69, 9.17) is 29.9 Å². The molecule has 0 aromatic heterocycles. The molecule has 0 spiro atoms. The summed E-state index contributed by atoms with van der Waals surface area (Å²) in [6, 6.07) is 6.40. The number of aromatic carboxylic acids is 4. The molecule has 30 heavy (non-hydrogen) atoms. The Bertz CT molecular complexity index is 873. The van der Waals surface area contributed by atoms with Crippen LogP contribution in [0.3, 0.4) is 0 Å². The van der Waals surface area contributed by atoms with Crippen molar-refractivity contribution >= 4 is 23.9 Å².